The summed E-state index contributed by atoms with van der Waals surface area (Å²) in [5, 5.41) is 4.24. The Morgan fingerprint density at radius 2 is 2.29 bits per heavy atom. The molecule has 0 spiro atoms. The minimum absolute atomic E-state index is 0.383. The average Bonchev–Trinajstić information content (AvgIpc) is 2.65. The molecule has 0 bridgehead atoms. The van der Waals surface area contributed by atoms with Gasteiger partial charge in [-0.2, -0.15) is 5.10 Å². The van der Waals surface area contributed by atoms with Crippen molar-refractivity contribution in [3.63, 3.8) is 0 Å². The van der Waals surface area contributed by atoms with Gasteiger partial charge in [0.15, 0.2) is 0 Å². The Morgan fingerprint density at radius 1 is 1.57 bits per heavy atom. The number of anilines is 1. The molecule has 1 aliphatic heterocycles. The van der Waals surface area contributed by atoms with Crippen molar-refractivity contribution < 1.29 is 4.74 Å². The van der Waals surface area contributed by atoms with Crippen molar-refractivity contribution >= 4 is 5.82 Å². The van der Waals surface area contributed by atoms with Crippen molar-refractivity contribution in [1.29, 1.82) is 0 Å². The molecule has 0 aliphatic carbocycles. The molecule has 78 valence electrons. The standard InChI is InChI=1S/C10H17N3O/c1-8(9-3-6-14-7-4-9)13-10(11)2-5-12-13/h2,5,8-9H,3-4,6-7,11H2,1H3. The van der Waals surface area contributed by atoms with Crippen LogP contribution >= 0.6 is 0 Å². The van der Waals surface area contributed by atoms with Crippen molar-refractivity contribution in [2.24, 2.45) is 5.92 Å². The van der Waals surface area contributed by atoms with Crippen LogP contribution < -0.4 is 5.73 Å². The highest BCUT2D eigenvalue weighted by atomic mass is 16.5. The monoisotopic (exact) mass is 195 g/mol. The minimum atomic E-state index is 0.383. The molecule has 2 heterocycles. The number of hydrogen-bond acceptors (Lipinski definition) is 3. The van der Waals surface area contributed by atoms with Crippen molar-refractivity contribution in [2.45, 2.75) is 25.8 Å². The molecule has 0 saturated carbocycles. The lowest BCUT2D eigenvalue weighted by molar-refractivity contribution is 0.0499. The molecule has 0 amide bonds. The summed E-state index contributed by atoms with van der Waals surface area (Å²) in [5.74, 6) is 1.40. The van der Waals surface area contributed by atoms with E-state index in [0.717, 1.165) is 31.9 Å². The van der Waals surface area contributed by atoms with E-state index in [1.165, 1.54) is 0 Å². The zero-order valence-corrected chi connectivity index (χ0v) is 8.52. The third-order valence-corrected chi connectivity index (χ3v) is 3.03. The Kier molecular flexibility index (Phi) is 2.72. The number of nitrogens with zero attached hydrogens (tertiary/aromatic N) is 2. The van der Waals surface area contributed by atoms with Crippen LogP contribution in [0.5, 0.6) is 0 Å². The Hall–Kier alpha value is -1.03. The summed E-state index contributed by atoms with van der Waals surface area (Å²) in [6.45, 7) is 3.92. The number of aromatic nitrogens is 2. The van der Waals surface area contributed by atoms with Crippen LogP contribution in [0.25, 0.3) is 0 Å². The normalized spacial score (nSPS) is 20.9. The van der Waals surface area contributed by atoms with Gasteiger partial charge in [-0.25, -0.2) is 4.68 Å². The van der Waals surface area contributed by atoms with E-state index in [-0.39, 0.29) is 0 Å². The van der Waals surface area contributed by atoms with Gasteiger partial charge in [-0.05, 0) is 31.7 Å². The fourth-order valence-corrected chi connectivity index (χ4v) is 2.06. The second-order valence-electron chi connectivity index (χ2n) is 3.89. The van der Waals surface area contributed by atoms with Crippen molar-refractivity contribution in [1.82, 2.24) is 9.78 Å². The van der Waals surface area contributed by atoms with Gasteiger partial charge in [0.1, 0.15) is 5.82 Å². The predicted molar refractivity (Wildman–Crippen MR) is 54.9 cm³/mol. The van der Waals surface area contributed by atoms with Crippen LogP contribution in [0.2, 0.25) is 0 Å². The highest BCUT2D eigenvalue weighted by Crippen LogP contribution is 2.28. The summed E-state index contributed by atoms with van der Waals surface area (Å²) in [7, 11) is 0. The zero-order chi connectivity index (χ0) is 9.97. The molecule has 2 N–H and O–H groups in total. The van der Waals surface area contributed by atoms with E-state index >= 15 is 0 Å². The highest BCUT2D eigenvalue weighted by molar-refractivity contribution is 5.26. The number of nitrogen functional groups attached to an aromatic ring is 1. The van der Waals surface area contributed by atoms with Crippen molar-refractivity contribution in [3.05, 3.63) is 12.3 Å². The predicted octanol–water partition coefficient (Wildman–Crippen LogP) is 1.45. The van der Waals surface area contributed by atoms with E-state index in [2.05, 4.69) is 12.0 Å². The molecule has 1 aromatic rings. The first-order valence-corrected chi connectivity index (χ1v) is 5.16. The van der Waals surface area contributed by atoms with Crippen molar-refractivity contribution in [2.75, 3.05) is 18.9 Å². The second kappa shape index (κ2) is 4.00. The van der Waals surface area contributed by atoms with Crippen LogP contribution in [0.15, 0.2) is 12.3 Å². The first-order valence-electron chi connectivity index (χ1n) is 5.16. The molecule has 4 heteroatoms. The van der Waals surface area contributed by atoms with Gasteiger partial charge in [0, 0.05) is 13.2 Å². The number of nitrogens with two attached hydrogens (primary N) is 1. The van der Waals surface area contributed by atoms with Gasteiger partial charge in [-0.1, -0.05) is 0 Å². The van der Waals surface area contributed by atoms with Crippen molar-refractivity contribution in [3.8, 4) is 0 Å². The Labute approximate surface area is 84.0 Å². The number of rotatable bonds is 2. The van der Waals surface area contributed by atoms with Crippen LogP contribution in [0.1, 0.15) is 25.8 Å². The first-order chi connectivity index (χ1) is 6.79. The van der Waals surface area contributed by atoms with Gasteiger partial charge in [0.05, 0.1) is 12.2 Å². The van der Waals surface area contributed by atoms with Gasteiger partial charge in [0.2, 0.25) is 0 Å². The van der Waals surface area contributed by atoms with Crippen LogP contribution in [0.4, 0.5) is 5.82 Å². The van der Waals surface area contributed by atoms with E-state index in [9.17, 15) is 0 Å². The summed E-state index contributed by atoms with van der Waals surface area (Å²) >= 11 is 0. The molecular weight excluding hydrogens is 178 g/mol. The molecule has 1 fully saturated rings. The maximum Gasteiger partial charge on any atom is 0.121 e. The maximum atomic E-state index is 5.82. The van der Waals surface area contributed by atoms with Crippen LogP contribution in [0, 0.1) is 5.92 Å². The smallest absolute Gasteiger partial charge is 0.121 e. The van der Waals surface area contributed by atoms with E-state index in [4.69, 9.17) is 10.5 Å². The molecule has 1 aliphatic rings. The van der Waals surface area contributed by atoms with E-state index in [1.54, 1.807) is 6.20 Å². The molecule has 1 aromatic heterocycles. The molecule has 1 atom stereocenters. The molecule has 2 rings (SSSR count). The third kappa shape index (κ3) is 1.75. The van der Waals surface area contributed by atoms with E-state index < -0.39 is 0 Å². The summed E-state index contributed by atoms with van der Waals surface area (Å²) in [5.41, 5.74) is 5.82. The van der Waals surface area contributed by atoms with Gasteiger partial charge in [0.25, 0.3) is 0 Å². The fourth-order valence-electron chi connectivity index (χ4n) is 2.06. The zero-order valence-electron chi connectivity index (χ0n) is 8.52. The SMILES string of the molecule is CC(C1CCOCC1)n1nccc1N. The molecular formula is C10H17N3O. The van der Waals surface area contributed by atoms with E-state index in [1.807, 2.05) is 10.7 Å². The Bertz CT molecular complexity index is 291. The molecule has 1 unspecified atom stereocenters. The quantitative estimate of drug-likeness (QED) is 0.777. The largest absolute Gasteiger partial charge is 0.384 e. The van der Waals surface area contributed by atoms with Crippen LogP contribution in [0.3, 0.4) is 0 Å². The number of ether oxygens (including phenoxy) is 1. The third-order valence-electron chi connectivity index (χ3n) is 3.03. The number of hydrogen-bond donors (Lipinski definition) is 1. The highest BCUT2D eigenvalue weighted by Gasteiger charge is 2.22. The average molecular weight is 195 g/mol. The molecule has 14 heavy (non-hydrogen) atoms. The Balaban J connectivity index is 2.07. The molecule has 4 nitrogen and oxygen atoms in total. The lowest BCUT2D eigenvalue weighted by Gasteiger charge is -2.28. The van der Waals surface area contributed by atoms with Gasteiger partial charge >= 0.3 is 0 Å². The maximum absolute atomic E-state index is 5.82. The lowest BCUT2D eigenvalue weighted by Crippen LogP contribution is -2.25. The van der Waals surface area contributed by atoms with E-state index in [0.29, 0.717) is 12.0 Å². The van der Waals surface area contributed by atoms with Gasteiger partial charge < -0.3 is 10.5 Å². The van der Waals surface area contributed by atoms with Gasteiger partial charge in [-0.3, -0.25) is 0 Å². The minimum Gasteiger partial charge on any atom is -0.384 e. The molecule has 1 saturated heterocycles. The summed E-state index contributed by atoms with van der Waals surface area (Å²) in [4.78, 5) is 0. The fraction of sp³-hybridized carbons (Fsp3) is 0.700. The summed E-state index contributed by atoms with van der Waals surface area (Å²) in [6.07, 6.45) is 3.98. The lowest BCUT2D eigenvalue weighted by atomic mass is 9.93. The first kappa shape index (κ1) is 9.52. The Morgan fingerprint density at radius 3 is 2.86 bits per heavy atom. The summed E-state index contributed by atoms with van der Waals surface area (Å²) in [6, 6.07) is 2.23. The molecule has 0 radical (unpaired) electrons. The molecule has 0 aromatic carbocycles. The second-order valence-corrected chi connectivity index (χ2v) is 3.89. The van der Waals surface area contributed by atoms with Crippen LogP contribution in [-0.2, 0) is 4.74 Å². The van der Waals surface area contributed by atoms with Gasteiger partial charge in [-0.15, -0.1) is 0 Å². The topological polar surface area (TPSA) is 53.1 Å². The van der Waals surface area contributed by atoms with Crippen LogP contribution in [-0.4, -0.2) is 23.0 Å². The summed E-state index contributed by atoms with van der Waals surface area (Å²) < 4.78 is 7.25.